The third-order valence-corrected chi connectivity index (χ3v) is 5.69. The average Bonchev–Trinajstić information content (AvgIpc) is 2.83. The number of methoxy groups -OCH3 is 2. The zero-order valence-corrected chi connectivity index (χ0v) is 18.7. The average molecular weight is 462 g/mol. The Morgan fingerprint density at radius 2 is 1.73 bits per heavy atom. The van der Waals surface area contributed by atoms with Crippen molar-refractivity contribution in [2.45, 2.75) is 25.9 Å². The number of nitrogens with one attached hydrogen (secondary N) is 1. The lowest BCUT2D eigenvalue weighted by Crippen LogP contribution is -2.44. The van der Waals surface area contributed by atoms with Crippen molar-refractivity contribution in [1.29, 1.82) is 0 Å². The predicted octanol–water partition coefficient (Wildman–Crippen LogP) is 3.52. The molecule has 0 bridgehead atoms. The first kappa shape index (κ1) is 24.3. The summed E-state index contributed by atoms with van der Waals surface area (Å²) < 4.78 is 39.4. The molecule has 0 unspecified atom stereocenters. The van der Waals surface area contributed by atoms with Gasteiger partial charge < -0.3 is 24.4 Å². The third-order valence-electron chi connectivity index (χ3n) is 5.69. The fourth-order valence-corrected chi connectivity index (χ4v) is 3.85. The molecule has 0 radical (unpaired) electrons. The number of ether oxygens (including phenoxy) is 3. The Hall–Kier alpha value is -3.36. The van der Waals surface area contributed by atoms with Crippen LogP contribution in [0.15, 0.2) is 42.5 Å². The zero-order valence-electron chi connectivity index (χ0n) is 18.7. The number of likely N-dealkylation sites (tertiary alicyclic amines) is 1. The molecule has 0 aliphatic carbocycles. The monoisotopic (exact) mass is 462 g/mol. The van der Waals surface area contributed by atoms with Crippen LogP contribution in [0.2, 0.25) is 0 Å². The van der Waals surface area contributed by atoms with E-state index in [0.29, 0.717) is 19.0 Å². The first-order chi connectivity index (χ1) is 15.9. The summed E-state index contributed by atoms with van der Waals surface area (Å²) in [6, 6.07) is 11.9. The fourth-order valence-electron chi connectivity index (χ4n) is 3.85. The summed E-state index contributed by atoms with van der Waals surface area (Å²) in [7, 11) is 2.93. The molecule has 0 atom stereocenters. The van der Waals surface area contributed by atoms with Gasteiger partial charge in [0.2, 0.25) is 5.91 Å². The minimum Gasteiger partial charge on any atom is -0.497 e. The van der Waals surface area contributed by atoms with Gasteiger partial charge in [-0.05, 0) is 61.1 Å². The molecule has 2 aromatic rings. The van der Waals surface area contributed by atoms with Crippen LogP contribution >= 0.6 is 0 Å². The van der Waals surface area contributed by atoms with Gasteiger partial charge in [-0.15, -0.1) is 0 Å². The van der Waals surface area contributed by atoms with Crippen molar-refractivity contribution < 1.29 is 32.6 Å². The summed E-state index contributed by atoms with van der Waals surface area (Å²) >= 11 is 0. The van der Waals surface area contributed by atoms with E-state index >= 15 is 0 Å². The molecule has 1 heterocycles. The van der Waals surface area contributed by atoms with Gasteiger partial charge in [0.1, 0.15) is 5.75 Å². The number of alkyl halides is 2. The van der Waals surface area contributed by atoms with Crippen molar-refractivity contribution in [2.24, 2.45) is 5.92 Å². The molecule has 2 aromatic carbocycles. The van der Waals surface area contributed by atoms with Crippen LogP contribution < -0.4 is 19.5 Å². The van der Waals surface area contributed by atoms with Gasteiger partial charge in [-0.3, -0.25) is 9.59 Å². The van der Waals surface area contributed by atoms with Gasteiger partial charge in [0.05, 0.1) is 20.8 Å². The van der Waals surface area contributed by atoms with E-state index in [1.54, 1.807) is 12.0 Å². The van der Waals surface area contributed by atoms with Crippen molar-refractivity contribution >= 4 is 11.8 Å². The highest BCUT2D eigenvalue weighted by atomic mass is 19.3. The van der Waals surface area contributed by atoms with Gasteiger partial charge in [-0.25, -0.2) is 0 Å². The van der Waals surface area contributed by atoms with Gasteiger partial charge in [-0.2, -0.15) is 8.78 Å². The Bertz CT molecular complexity index is 944. The predicted molar refractivity (Wildman–Crippen MR) is 118 cm³/mol. The Kier molecular flexibility index (Phi) is 8.46. The molecule has 1 saturated heterocycles. The van der Waals surface area contributed by atoms with Gasteiger partial charge in [0.25, 0.3) is 5.91 Å². The molecular formula is C24H28F2N2O5. The summed E-state index contributed by atoms with van der Waals surface area (Å²) in [4.78, 5) is 26.7. The second-order valence-corrected chi connectivity index (χ2v) is 7.80. The maximum atomic E-state index is 12.5. The number of hydrogen-bond acceptors (Lipinski definition) is 5. The number of amides is 2. The molecule has 3 rings (SSSR count). The van der Waals surface area contributed by atoms with Crippen LogP contribution in [-0.2, 0) is 11.2 Å². The highest BCUT2D eigenvalue weighted by Gasteiger charge is 2.23. The summed E-state index contributed by atoms with van der Waals surface area (Å²) in [5, 5.41) is 2.58. The van der Waals surface area contributed by atoms with Gasteiger partial charge in [-0.1, -0.05) is 12.1 Å². The minimum atomic E-state index is -3.00. The van der Waals surface area contributed by atoms with Crippen LogP contribution in [0, 0.1) is 5.92 Å². The lowest BCUT2D eigenvalue weighted by molar-refractivity contribution is -0.131. The number of halogens is 2. The van der Waals surface area contributed by atoms with Crippen molar-refractivity contribution in [3.05, 3.63) is 53.6 Å². The molecule has 1 N–H and O–H groups in total. The molecule has 0 aromatic heterocycles. The van der Waals surface area contributed by atoms with E-state index in [-0.39, 0.29) is 29.5 Å². The number of benzene rings is 2. The summed E-state index contributed by atoms with van der Waals surface area (Å²) in [6.45, 7) is -1.86. The number of carbonyl (C=O) groups is 2. The van der Waals surface area contributed by atoms with Crippen LogP contribution in [0.5, 0.6) is 17.2 Å². The Morgan fingerprint density at radius 1 is 1.03 bits per heavy atom. The lowest BCUT2D eigenvalue weighted by atomic mass is 9.90. The molecule has 1 aliphatic rings. The zero-order chi connectivity index (χ0) is 23.8. The standard InChI is InChI=1S/C24H28F2N2O5/c1-31-19-6-3-16(4-7-19)13-17-9-11-28(12-10-17)22(29)15-27-23(30)18-5-8-20(33-24(25)26)21(14-18)32-2/h3-8,14,17,24H,9-13,15H2,1-2H3,(H,27,30). The number of rotatable bonds is 9. The van der Waals surface area contributed by atoms with Crippen LogP contribution in [0.3, 0.4) is 0 Å². The van der Waals surface area contributed by atoms with Crippen LogP contribution in [0.4, 0.5) is 8.78 Å². The topological polar surface area (TPSA) is 77.1 Å². The van der Waals surface area contributed by atoms with E-state index in [0.717, 1.165) is 25.0 Å². The van der Waals surface area contributed by atoms with Gasteiger partial charge in [0, 0.05) is 18.7 Å². The van der Waals surface area contributed by atoms with Crippen LogP contribution in [0.25, 0.3) is 0 Å². The Morgan fingerprint density at radius 3 is 2.33 bits per heavy atom. The Balaban J connectivity index is 1.45. The molecule has 2 amide bonds. The molecular weight excluding hydrogens is 434 g/mol. The quantitative estimate of drug-likeness (QED) is 0.617. The first-order valence-electron chi connectivity index (χ1n) is 10.7. The lowest BCUT2D eigenvalue weighted by Gasteiger charge is -2.32. The largest absolute Gasteiger partial charge is 0.497 e. The third kappa shape index (κ3) is 6.81. The Labute approximate surface area is 191 Å². The summed E-state index contributed by atoms with van der Waals surface area (Å²) in [6.07, 6.45) is 2.75. The highest BCUT2D eigenvalue weighted by Crippen LogP contribution is 2.29. The van der Waals surface area contributed by atoms with E-state index in [1.165, 1.54) is 30.9 Å². The normalized spacial score (nSPS) is 14.2. The molecule has 1 fully saturated rings. The van der Waals surface area contributed by atoms with Crippen molar-refractivity contribution in [2.75, 3.05) is 33.9 Å². The fraction of sp³-hybridized carbons (Fsp3) is 0.417. The smallest absolute Gasteiger partial charge is 0.387 e. The molecule has 7 nitrogen and oxygen atoms in total. The highest BCUT2D eigenvalue weighted by molar-refractivity contribution is 5.97. The number of hydrogen-bond donors (Lipinski definition) is 1. The van der Waals surface area contributed by atoms with E-state index in [1.807, 2.05) is 12.1 Å². The SMILES string of the molecule is COc1ccc(CC2CCN(C(=O)CNC(=O)c3ccc(OC(F)F)c(OC)c3)CC2)cc1. The summed E-state index contributed by atoms with van der Waals surface area (Å²) in [5.74, 6) is 0.511. The van der Waals surface area contributed by atoms with Crippen molar-refractivity contribution in [3.63, 3.8) is 0 Å². The van der Waals surface area contributed by atoms with Crippen molar-refractivity contribution in [3.8, 4) is 17.2 Å². The van der Waals surface area contributed by atoms with E-state index < -0.39 is 12.5 Å². The molecule has 1 aliphatic heterocycles. The van der Waals surface area contributed by atoms with E-state index in [4.69, 9.17) is 9.47 Å². The molecule has 33 heavy (non-hydrogen) atoms. The molecule has 0 spiro atoms. The number of piperidine rings is 1. The summed E-state index contributed by atoms with van der Waals surface area (Å²) in [5.41, 5.74) is 1.42. The van der Waals surface area contributed by atoms with Crippen LogP contribution in [0.1, 0.15) is 28.8 Å². The van der Waals surface area contributed by atoms with E-state index in [2.05, 4.69) is 22.2 Å². The van der Waals surface area contributed by atoms with Gasteiger partial charge in [0.15, 0.2) is 11.5 Å². The maximum Gasteiger partial charge on any atom is 0.387 e. The second-order valence-electron chi connectivity index (χ2n) is 7.80. The molecule has 178 valence electrons. The molecule has 9 heteroatoms. The first-order valence-corrected chi connectivity index (χ1v) is 10.7. The van der Waals surface area contributed by atoms with Gasteiger partial charge >= 0.3 is 6.61 Å². The number of nitrogens with zero attached hydrogens (tertiary/aromatic N) is 1. The second kappa shape index (κ2) is 11.5. The van der Waals surface area contributed by atoms with Crippen LogP contribution in [-0.4, -0.2) is 57.2 Å². The maximum absolute atomic E-state index is 12.5. The molecule has 0 saturated carbocycles. The number of carbonyl (C=O) groups excluding carboxylic acids is 2. The van der Waals surface area contributed by atoms with E-state index in [9.17, 15) is 18.4 Å². The minimum absolute atomic E-state index is 0.00760. The van der Waals surface area contributed by atoms with Crippen molar-refractivity contribution in [1.82, 2.24) is 10.2 Å².